The molecule has 2 N–H and O–H groups in total. The maximum Gasteiger partial charge on any atom is 0.133 e. The highest BCUT2D eigenvalue weighted by molar-refractivity contribution is 5.30. The van der Waals surface area contributed by atoms with Crippen LogP contribution in [-0.2, 0) is 4.74 Å². The average molecular weight is 253 g/mol. The lowest BCUT2D eigenvalue weighted by Crippen LogP contribution is -2.31. The van der Waals surface area contributed by atoms with Crippen LogP contribution in [0.2, 0.25) is 0 Å². The number of rotatable bonds is 2. The van der Waals surface area contributed by atoms with E-state index in [0.717, 1.165) is 19.3 Å². The van der Waals surface area contributed by atoms with Crippen molar-refractivity contribution < 1.29 is 13.5 Å². The number of ether oxygens (including phenoxy) is 1. The zero-order chi connectivity index (χ0) is 12.9. The third-order valence-corrected chi connectivity index (χ3v) is 4.27. The minimum absolute atomic E-state index is 0.0242. The highest BCUT2D eigenvalue weighted by Gasteiger charge is 2.44. The van der Waals surface area contributed by atoms with Crippen molar-refractivity contribution in [1.82, 2.24) is 0 Å². The van der Waals surface area contributed by atoms with Crippen LogP contribution >= 0.6 is 0 Å². The minimum atomic E-state index is -0.611. The highest BCUT2D eigenvalue weighted by Crippen LogP contribution is 2.44. The zero-order valence-corrected chi connectivity index (χ0v) is 10.3. The molecule has 2 heterocycles. The van der Waals surface area contributed by atoms with E-state index in [2.05, 4.69) is 0 Å². The van der Waals surface area contributed by atoms with Crippen LogP contribution in [0.5, 0.6) is 0 Å². The molecule has 0 amide bonds. The van der Waals surface area contributed by atoms with E-state index in [1.165, 1.54) is 12.1 Å². The van der Waals surface area contributed by atoms with Crippen molar-refractivity contribution in [3.63, 3.8) is 0 Å². The number of halogens is 2. The lowest BCUT2D eigenvalue weighted by atomic mass is 9.81. The Kier molecular flexibility index (Phi) is 2.87. The van der Waals surface area contributed by atoms with Gasteiger partial charge in [0.2, 0.25) is 0 Å². The van der Waals surface area contributed by atoms with Crippen LogP contribution in [0.1, 0.15) is 36.4 Å². The fourth-order valence-corrected chi connectivity index (χ4v) is 3.25. The fraction of sp³-hybridized carbons (Fsp3) is 0.571. The van der Waals surface area contributed by atoms with Crippen molar-refractivity contribution >= 4 is 0 Å². The van der Waals surface area contributed by atoms with Crippen molar-refractivity contribution in [2.24, 2.45) is 11.7 Å². The van der Waals surface area contributed by atoms with Gasteiger partial charge in [0.25, 0.3) is 0 Å². The number of aryl methyl sites for hydroxylation is 1. The second-order valence-corrected chi connectivity index (χ2v) is 5.39. The molecule has 98 valence electrons. The molecule has 2 bridgehead atoms. The van der Waals surface area contributed by atoms with Crippen LogP contribution in [0.4, 0.5) is 8.78 Å². The summed E-state index contributed by atoms with van der Waals surface area (Å²) in [5.74, 6) is -1.02. The lowest BCUT2D eigenvalue weighted by molar-refractivity contribution is 0.0880. The summed E-state index contributed by atoms with van der Waals surface area (Å²) in [6.45, 7) is 1.63. The maximum absolute atomic E-state index is 14.0. The molecule has 18 heavy (non-hydrogen) atoms. The third kappa shape index (κ3) is 1.75. The molecule has 1 aromatic carbocycles. The van der Waals surface area contributed by atoms with Crippen LogP contribution in [0.25, 0.3) is 0 Å². The van der Waals surface area contributed by atoms with Gasteiger partial charge in [-0.1, -0.05) is 6.07 Å². The van der Waals surface area contributed by atoms with Crippen molar-refractivity contribution in [1.29, 1.82) is 0 Å². The summed E-state index contributed by atoms with van der Waals surface area (Å²) in [7, 11) is 0. The molecule has 2 saturated heterocycles. The van der Waals surface area contributed by atoms with Crippen molar-refractivity contribution in [3.05, 3.63) is 34.9 Å². The van der Waals surface area contributed by atoms with Crippen LogP contribution in [0.15, 0.2) is 12.1 Å². The summed E-state index contributed by atoms with van der Waals surface area (Å²) < 4.78 is 33.6. The first-order valence-electron chi connectivity index (χ1n) is 6.43. The van der Waals surface area contributed by atoms with E-state index < -0.39 is 17.7 Å². The van der Waals surface area contributed by atoms with Crippen LogP contribution in [0.3, 0.4) is 0 Å². The molecule has 2 aliphatic heterocycles. The summed E-state index contributed by atoms with van der Waals surface area (Å²) >= 11 is 0. The number of hydrogen-bond acceptors (Lipinski definition) is 2. The summed E-state index contributed by atoms with van der Waals surface area (Å²) in [6.07, 6.45) is 3.13. The molecule has 4 unspecified atom stereocenters. The van der Waals surface area contributed by atoms with Gasteiger partial charge in [-0.3, -0.25) is 0 Å². The summed E-state index contributed by atoms with van der Waals surface area (Å²) in [5, 5.41) is 0. The van der Waals surface area contributed by atoms with Crippen LogP contribution < -0.4 is 5.73 Å². The first-order valence-corrected chi connectivity index (χ1v) is 6.43. The number of nitrogens with two attached hydrogens (primary N) is 1. The summed E-state index contributed by atoms with van der Waals surface area (Å²) in [6, 6.07) is 2.13. The van der Waals surface area contributed by atoms with Gasteiger partial charge in [0, 0.05) is 17.5 Å². The van der Waals surface area contributed by atoms with Gasteiger partial charge < -0.3 is 10.5 Å². The molecule has 0 aliphatic carbocycles. The quantitative estimate of drug-likeness (QED) is 0.879. The van der Waals surface area contributed by atoms with E-state index in [0.29, 0.717) is 5.56 Å². The van der Waals surface area contributed by atoms with E-state index in [9.17, 15) is 8.78 Å². The molecule has 4 atom stereocenters. The highest BCUT2D eigenvalue weighted by atomic mass is 19.1. The topological polar surface area (TPSA) is 35.2 Å². The van der Waals surface area contributed by atoms with Crippen molar-refractivity contribution in [2.75, 3.05) is 0 Å². The molecule has 0 radical (unpaired) electrons. The first kappa shape index (κ1) is 12.1. The fourth-order valence-electron chi connectivity index (χ4n) is 3.25. The van der Waals surface area contributed by atoms with Crippen molar-refractivity contribution in [2.45, 2.75) is 44.4 Å². The Labute approximate surface area is 105 Å². The van der Waals surface area contributed by atoms with Gasteiger partial charge in [0.15, 0.2) is 0 Å². The van der Waals surface area contributed by atoms with E-state index >= 15 is 0 Å². The third-order valence-electron chi connectivity index (χ3n) is 4.27. The Morgan fingerprint density at radius 3 is 2.72 bits per heavy atom. The monoisotopic (exact) mass is 253 g/mol. The molecule has 2 nitrogen and oxygen atoms in total. The second kappa shape index (κ2) is 4.28. The molecule has 2 fully saturated rings. The number of hydrogen-bond donors (Lipinski definition) is 1. The average Bonchev–Trinajstić information content (AvgIpc) is 2.96. The lowest BCUT2D eigenvalue weighted by Gasteiger charge is -2.26. The molecule has 0 spiro atoms. The van der Waals surface area contributed by atoms with Gasteiger partial charge in [-0.15, -0.1) is 0 Å². The van der Waals surface area contributed by atoms with E-state index in [4.69, 9.17) is 10.5 Å². The molecule has 0 aromatic heterocycles. The smallest absolute Gasteiger partial charge is 0.133 e. The predicted molar refractivity (Wildman–Crippen MR) is 64.0 cm³/mol. The Hall–Kier alpha value is -1.00. The molecular weight excluding hydrogens is 236 g/mol. The van der Waals surface area contributed by atoms with Crippen molar-refractivity contribution in [3.8, 4) is 0 Å². The standard InChI is InChI=1S/C14H17F2NO/c1-7-2-4-10(15)12(13(7)16)14(17)9-6-8-3-5-11(9)18-8/h2,4,8-9,11,14H,3,5-6,17H2,1H3. The first-order chi connectivity index (χ1) is 8.58. The minimum Gasteiger partial charge on any atom is -0.375 e. The molecule has 4 heteroatoms. The SMILES string of the molecule is Cc1ccc(F)c(C(N)C2CC3CCC2O3)c1F. The predicted octanol–water partition coefficient (Wildman–Crippen LogP) is 2.84. The Morgan fingerprint density at radius 2 is 2.11 bits per heavy atom. The normalized spacial score (nSPS) is 31.9. The second-order valence-electron chi connectivity index (χ2n) is 5.39. The van der Waals surface area contributed by atoms with Crippen LogP contribution in [0, 0.1) is 24.5 Å². The zero-order valence-electron chi connectivity index (χ0n) is 10.3. The Bertz CT molecular complexity index is 477. The van der Waals surface area contributed by atoms with E-state index in [1.807, 2.05) is 0 Å². The summed E-state index contributed by atoms with van der Waals surface area (Å²) in [4.78, 5) is 0. The van der Waals surface area contributed by atoms with Gasteiger partial charge in [0.05, 0.1) is 12.2 Å². The largest absolute Gasteiger partial charge is 0.375 e. The van der Waals surface area contributed by atoms with Crippen LogP contribution in [-0.4, -0.2) is 12.2 Å². The molecule has 0 saturated carbocycles. The van der Waals surface area contributed by atoms with Gasteiger partial charge >= 0.3 is 0 Å². The van der Waals surface area contributed by atoms with E-state index in [1.54, 1.807) is 6.92 Å². The summed E-state index contributed by atoms with van der Waals surface area (Å²) in [5.41, 5.74) is 6.56. The number of benzene rings is 1. The van der Waals surface area contributed by atoms with E-state index in [-0.39, 0.29) is 23.7 Å². The number of fused-ring (bicyclic) bond motifs is 2. The van der Waals surface area contributed by atoms with Gasteiger partial charge in [-0.2, -0.15) is 0 Å². The van der Waals surface area contributed by atoms with Gasteiger partial charge in [0.1, 0.15) is 11.6 Å². The Balaban J connectivity index is 1.93. The molecule has 2 aliphatic rings. The van der Waals surface area contributed by atoms with Gasteiger partial charge in [-0.05, 0) is 37.8 Å². The molecule has 3 rings (SSSR count). The maximum atomic E-state index is 14.0. The molecular formula is C14H17F2NO. The molecule has 1 aromatic rings. The van der Waals surface area contributed by atoms with Gasteiger partial charge in [-0.25, -0.2) is 8.78 Å². The Morgan fingerprint density at radius 1 is 1.33 bits per heavy atom.